The average Bonchev–Trinajstić information content (AvgIpc) is 2.77. The zero-order valence-corrected chi connectivity index (χ0v) is 12.5. The van der Waals surface area contributed by atoms with Gasteiger partial charge in [0.05, 0.1) is 18.5 Å². The van der Waals surface area contributed by atoms with Crippen LogP contribution in [-0.2, 0) is 17.1 Å². The molecule has 0 aliphatic rings. The number of hydrogen-bond acceptors (Lipinski definition) is 4. The molecular formula is C13H18N4O2S. The first-order valence-electron chi connectivity index (χ1n) is 6.16. The van der Waals surface area contributed by atoms with Crippen molar-refractivity contribution < 1.29 is 8.42 Å². The van der Waals surface area contributed by atoms with E-state index in [2.05, 4.69) is 15.1 Å². The summed E-state index contributed by atoms with van der Waals surface area (Å²) < 4.78 is 26.4. The molecule has 7 heteroatoms. The van der Waals surface area contributed by atoms with Crippen LogP contribution < -0.4 is 10.0 Å². The van der Waals surface area contributed by atoms with E-state index in [1.165, 1.54) is 0 Å². The maximum Gasteiger partial charge on any atom is 0.229 e. The Morgan fingerprint density at radius 1 is 1.20 bits per heavy atom. The van der Waals surface area contributed by atoms with Crippen LogP contribution in [0, 0.1) is 0 Å². The molecule has 1 aromatic carbocycles. The molecule has 1 aromatic heterocycles. The van der Waals surface area contributed by atoms with Gasteiger partial charge in [0.15, 0.2) is 0 Å². The fourth-order valence-corrected chi connectivity index (χ4v) is 2.41. The third-order valence-corrected chi connectivity index (χ3v) is 3.40. The van der Waals surface area contributed by atoms with Crippen LogP contribution >= 0.6 is 0 Å². The molecule has 0 saturated heterocycles. The Morgan fingerprint density at radius 3 is 2.30 bits per heavy atom. The highest BCUT2D eigenvalue weighted by molar-refractivity contribution is 7.92. The minimum absolute atomic E-state index is 0.123. The second kappa shape index (κ2) is 5.54. The van der Waals surface area contributed by atoms with Crippen LogP contribution in [0.15, 0.2) is 36.7 Å². The highest BCUT2D eigenvalue weighted by atomic mass is 32.2. The van der Waals surface area contributed by atoms with Crippen molar-refractivity contribution in [2.75, 3.05) is 16.3 Å². The Hall–Kier alpha value is -2.02. The number of nitrogens with zero attached hydrogens (tertiary/aromatic N) is 2. The molecule has 0 aliphatic heterocycles. The maximum absolute atomic E-state index is 11.1. The molecule has 2 N–H and O–H groups in total. The molecule has 1 heterocycles. The van der Waals surface area contributed by atoms with Crippen molar-refractivity contribution in [3.63, 3.8) is 0 Å². The fourth-order valence-electron chi connectivity index (χ4n) is 1.85. The lowest BCUT2D eigenvalue weighted by atomic mass is 10.2. The van der Waals surface area contributed by atoms with Crippen LogP contribution in [0.4, 0.5) is 11.4 Å². The van der Waals surface area contributed by atoms with Crippen molar-refractivity contribution in [1.82, 2.24) is 9.78 Å². The van der Waals surface area contributed by atoms with E-state index >= 15 is 0 Å². The van der Waals surface area contributed by atoms with Gasteiger partial charge in [0, 0.05) is 30.2 Å². The lowest BCUT2D eigenvalue weighted by Gasteiger charge is -2.14. The summed E-state index contributed by atoms with van der Waals surface area (Å²) in [6, 6.07) is 7.23. The molecule has 108 valence electrons. The minimum Gasteiger partial charge on any atom is -0.378 e. The Morgan fingerprint density at radius 2 is 1.80 bits per heavy atom. The summed E-state index contributed by atoms with van der Waals surface area (Å²) in [7, 11) is -1.36. The van der Waals surface area contributed by atoms with Gasteiger partial charge in [-0.15, -0.1) is 0 Å². The second-order valence-electron chi connectivity index (χ2n) is 4.76. The van der Waals surface area contributed by atoms with Crippen LogP contribution in [0.2, 0.25) is 0 Å². The van der Waals surface area contributed by atoms with Crippen LogP contribution in [0.25, 0.3) is 0 Å². The van der Waals surface area contributed by atoms with Gasteiger partial charge in [0.1, 0.15) is 0 Å². The average molecular weight is 294 g/mol. The third-order valence-electron chi connectivity index (χ3n) is 2.80. The van der Waals surface area contributed by atoms with E-state index in [1.54, 1.807) is 16.8 Å². The van der Waals surface area contributed by atoms with Crippen molar-refractivity contribution >= 4 is 21.4 Å². The SMILES string of the molecule is CC(Nc1ccc(NS(C)(=O)=O)cc1)c1cnn(C)c1. The zero-order valence-electron chi connectivity index (χ0n) is 11.7. The predicted octanol–water partition coefficient (Wildman–Crippen LogP) is 1.96. The van der Waals surface area contributed by atoms with Gasteiger partial charge in [-0.2, -0.15) is 5.10 Å². The predicted molar refractivity (Wildman–Crippen MR) is 80.2 cm³/mol. The summed E-state index contributed by atoms with van der Waals surface area (Å²) in [5.41, 5.74) is 2.55. The highest BCUT2D eigenvalue weighted by Crippen LogP contribution is 2.20. The number of nitrogens with one attached hydrogen (secondary N) is 2. The van der Waals surface area contributed by atoms with Gasteiger partial charge in [-0.3, -0.25) is 9.40 Å². The van der Waals surface area contributed by atoms with E-state index in [4.69, 9.17) is 0 Å². The van der Waals surface area contributed by atoms with Gasteiger partial charge < -0.3 is 5.32 Å². The van der Waals surface area contributed by atoms with Crippen molar-refractivity contribution in [3.8, 4) is 0 Å². The van der Waals surface area contributed by atoms with Crippen molar-refractivity contribution in [2.45, 2.75) is 13.0 Å². The molecule has 0 amide bonds. The summed E-state index contributed by atoms with van der Waals surface area (Å²) in [6.07, 6.45) is 4.90. The van der Waals surface area contributed by atoms with Gasteiger partial charge >= 0.3 is 0 Å². The Kier molecular flexibility index (Phi) is 3.99. The number of aromatic nitrogens is 2. The van der Waals surface area contributed by atoms with Gasteiger partial charge in [-0.05, 0) is 31.2 Å². The van der Waals surface area contributed by atoms with Crippen LogP contribution in [0.1, 0.15) is 18.5 Å². The monoisotopic (exact) mass is 294 g/mol. The van der Waals surface area contributed by atoms with Crippen LogP contribution in [-0.4, -0.2) is 24.5 Å². The molecule has 0 saturated carbocycles. The molecule has 0 radical (unpaired) electrons. The van der Waals surface area contributed by atoms with E-state index < -0.39 is 10.0 Å². The van der Waals surface area contributed by atoms with Gasteiger partial charge in [-0.25, -0.2) is 8.42 Å². The Balaban J connectivity index is 2.03. The lowest BCUT2D eigenvalue weighted by Crippen LogP contribution is -2.10. The number of rotatable bonds is 5. The maximum atomic E-state index is 11.1. The largest absolute Gasteiger partial charge is 0.378 e. The first kappa shape index (κ1) is 14.4. The third kappa shape index (κ3) is 3.99. The van der Waals surface area contributed by atoms with E-state index in [0.717, 1.165) is 17.5 Å². The van der Waals surface area contributed by atoms with Crippen LogP contribution in [0.3, 0.4) is 0 Å². The fraction of sp³-hybridized carbons (Fsp3) is 0.308. The van der Waals surface area contributed by atoms with Gasteiger partial charge in [-0.1, -0.05) is 0 Å². The molecule has 20 heavy (non-hydrogen) atoms. The number of sulfonamides is 1. The first-order valence-corrected chi connectivity index (χ1v) is 8.05. The molecule has 0 aliphatic carbocycles. The summed E-state index contributed by atoms with van der Waals surface area (Å²) in [5.74, 6) is 0. The van der Waals surface area contributed by atoms with Gasteiger partial charge in [0.25, 0.3) is 0 Å². The summed E-state index contributed by atoms with van der Waals surface area (Å²) in [4.78, 5) is 0. The number of anilines is 2. The Bertz CT molecular complexity index is 677. The number of benzene rings is 1. The van der Waals surface area contributed by atoms with Crippen molar-refractivity contribution in [2.24, 2.45) is 7.05 Å². The molecule has 1 atom stereocenters. The van der Waals surface area contributed by atoms with E-state index in [0.29, 0.717) is 5.69 Å². The standard InChI is InChI=1S/C13H18N4O2S/c1-10(11-8-14-17(2)9-11)15-12-4-6-13(7-5-12)16-20(3,18)19/h4-10,15-16H,1-3H3. The first-order chi connectivity index (χ1) is 9.33. The topological polar surface area (TPSA) is 76.0 Å². The van der Waals surface area contributed by atoms with Crippen molar-refractivity contribution in [3.05, 3.63) is 42.2 Å². The molecular weight excluding hydrogens is 276 g/mol. The molecule has 2 aromatic rings. The molecule has 1 unspecified atom stereocenters. The minimum atomic E-state index is -3.23. The molecule has 0 fully saturated rings. The second-order valence-corrected chi connectivity index (χ2v) is 6.51. The zero-order chi connectivity index (χ0) is 14.8. The lowest BCUT2D eigenvalue weighted by molar-refractivity contribution is 0.607. The molecule has 6 nitrogen and oxygen atoms in total. The number of aryl methyl sites for hydroxylation is 1. The van der Waals surface area contributed by atoms with Crippen molar-refractivity contribution in [1.29, 1.82) is 0 Å². The summed E-state index contributed by atoms with van der Waals surface area (Å²) >= 11 is 0. The number of hydrogen-bond donors (Lipinski definition) is 2. The quantitative estimate of drug-likeness (QED) is 0.884. The normalized spacial score (nSPS) is 12.9. The van der Waals surface area contributed by atoms with E-state index in [1.807, 2.05) is 38.5 Å². The van der Waals surface area contributed by atoms with E-state index in [9.17, 15) is 8.42 Å². The summed E-state index contributed by atoms with van der Waals surface area (Å²) in [6.45, 7) is 2.04. The van der Waals surface area contributed by atoms with Gasteiger partial charge in [0.2, 0.25) is 10.0 Å². The highest BCUT2D eigenvalue weighted by Gasteiger charge is 2.07. The Labute approximate surface area is 118 Å². The molecule has 0 spiro atoms. The van der Waals surface area contributed by atoms with Crippen LogP contribution in [0.5, 0.6) is 0 Å². The smallest absolute Gasteiger partial charge is 0.229 e. The molecule has 0 bridgehead atoms. The van der Waals surface area contributed by atoms with E-state index in [-0.39, 0.29) is 6.04 Å². The molecule has 2 rings (SSSR count). The summed E-state index contributed by atoms with van der Waals surface area (Å²) in [5, 5.41) is 7.46.